The fraction of sp³-hybridized carbons (Fsp3) is 0.250. The number of hydrogen-bond donors (Lipinski definition) is 2. The number of benzene rings is 2. The summed E-state index contributed by atoms with van der Waals surface area (Å²) in [5.74, 6) is 0.836. The largest absolute Gasteiger partial charge is 0.496 e. The smallest absolute Gasteiger partial charge is 0.124 e. The van der Waals surface area contributed by atoms with Crippen LogP contribution in [0.3, 0.4) is 0 Å². The number of ether oxygens (including phenoxy) is 1. The number of methoxy groups -OCH3 is 1. The third-order valence-corrected chi connectivity index (χ3v) is 3.69. The molecule has 1 atom stereocenters. The van der Waals surface area contributed by atoms with Gasteiger partial charge in [0.25, 0.3) is 0 Å². The topological polar surface area (TPSA) is 47.3 Å². The minimum atomic E-state index is 0.00477. The summed E-state index contributed by atoms with van der Waals surface area (Å²) in [5, 5.41) is 3.45. The van der Waals surface area contributed by atoms with Gasteiger partial charge in [-0.25, -0.2) is 0 Å². The SMILES string of the molecule is COc1ccc(Br)cc1C(CN)Nc1ccc(C)cc1. The molecule has 0 heterocycles. The summed E-state index contributed by atoms with van der Waals surface area (Å²) >= 11 is 3.49. The van der Waals surface area contributed by atoms with E-state index >= 15 is 0 Å². The zero-order chi connectivity index (χ0) is 14.5. The van der Waals surface area contributed by atoms with Crippen LogP contribution in [0.25, 0.3) is 0 Å². The summed E-state index contributed by atoms with van der Waals surface area (Å²) in [5.41, 5.74) is 9.25. The van der Waals surface area contributed by atoms with Gasteiger partial charge in [0.2, 0.25) is 0 Å². The molecule has 3 nitrogen and oxygen atoms in total. The van der Waals surface area contributed by atoms with Crippen LogP contribution in [-0.2, 0) is 0 Å². The summed E-state index contributed by atoms with van der Waals surface area (Å²) < 4.78 is 6.44. The Labute approximate surface area is 128 Å². The molecule has 0 spiro atoms. The molecular weight excluding hydrogens is 316 g/mol. The van der Waals surface area contributed by atoms with Crippen molar-refractivity contribution in [1.82, 2.24) is 0 Å². The highest BCUT2D eigenvalue weighted by atomic mass is 79.9. The van der Waals surface area contributed by atoms with Crippen molar-refractivity contribution in [2.24, 2.45) is 5.73 Å². The fourth-order valence-electron chi connectivity index (χ4n) is 2.09. The van der Waals surface area contributed by atoms with Crippen molar-refractivity contribution in [2.45, 2.75) is 13.0 Å². The Bertz CT molecular complexity index is 569. The van der Waals surface area contributed by atoms with Crippen LogP contribution in [0.1, 0.15) is 17.2 Å². The zero-order valence-electron chi connectivity index (χ0n) is 11.7. The Balaban J connectivity index is 2.28. The number of aryl methyl sites for hydroxylation is 1. The van der Waals surface area contributed by atoms with Crippen LogP contribution in [0, 0.1) is 6.92 Å². The molecule has 0 aliphatic rings. The van der Waals surface area contributed by atoms with E-state index in [4.69, 9.17) is 10.5 Å². The number of rotatable bonds is 5. The lowest BCUT2D eigenvalue weighted by Gasteiger charge is -2.21. The molecule has 2 aromatic rings. The maximum atomic E-state index is 5.92. The standard InChI is InChI=1S/C16H19BrN2O/c1-11-3-6-13(7-4-11)19-15(10-18)14-9-12(17)5-8-16(14)20-2/h3-9,15,19H,10,18H2,1-2H3. The number of nitrogens with one attached hydrogen (secondary N) is 1. The lowest BCUT2D eigenvalue weighted by atomic mass is 10.1. The van der Waals surface area contributed by atoms with Gasteiger partial charge >= 0.3 is 0 Å². The molecule has 4 heteroatoms. The Kier molecular flexibility index (Phi) is 5.04. The van der Waals surface area contributed by atoms with Crippen molar-refractivity contribution in [1.29, 1.82) is 0 Å². The molecule has 106 valence electrons. The quantitative estimate of drug-likeness (QED) is 0.872. The maximum Gasteiger partial charge on any atom is 0.124 e. The van der Waals surface area contributed by atoms with Crippen LogP contribution >= 0.6 is 15.9 Å². The van der Waals surface area contributed by atoms with Gasteiger partial charge in [0.05, 0.1) is 13.2 Å². The van der Waals surface area contributed by atoms with Crippen LogP contribution in [-0.4, -0.2) is 13.7 Å². The monoisotopic (exact) mass is 334 g/mol. The molecule has 2 aromatic carbocycles. The van der Waals surface area contributed by atoms with E-state index in [1.165, 1.54) is 5.56 Å². The average Bonchev–Trinajstić information content (AvgIpc) is 2.46. The molecule has 0 radical (unpaired) electrons. The van der Waals surface area contributed by atoms with Gasteiger partial charge in [-0.3, -0.25) is 0 Å². The van der Waals surface area contributed by atoms with Gasteiger partial charge in [0, 0.05) is 22.3 Å². The van der Waals surface area contributed by atoms with Crippen LogP contribution in [0.5, 0.6) is 5.75 Å². The van der Waals surface area contributed by atoms with Gasteiger partial charge < -0.3 is 15.8 Å². The van der Waals surface area contributed by atoms with Gasteiger partial charge in [-0.15, -0.1) is 0 Å². The number of hydrogen-bond acceptors (Lipinski definition) is 3. The lowest BCUT2D eigenvalue weighted by molar-refractivity contribution is 0.407. The lowest BCUT2D eigenvalue weighted by Crippen LogP contribution is -2.21. The summed E-state index contributed by atoms with van der Waals surface area (Å²) in [6.07, 6.45) is 0. The third kappa shape index (κ3) is 3.52. The van der Waals surface area contributed by atoms with Crippen LogP contribution < -0.4 is 15.8 Å². The summed E-state index contributed by atoms with van der Waals surface area (Å²) in [6.45, 7) is 2.56. The predicted molar refractivity (Wildman–Crippen MR) is 87.3 cm³/mol. The van der Waals surface area contributed by atoms with Crippen molar-refractivity contribution in [3.63, 3.8) is 0 Å². The van der Waals surface area contributed by atoms with Crippen LogP contribution in [0.15, 0.2) is 46.9 Å². The van der Waals surface area contributed by atoms with Gasteiger partial charge in [0.15, 0.2) is 0 Å². The molecule has 0 aromatic heterocycles. The van der Waals surface area contributed by atoms with Gasteiger partial charge in [0.1, 0.15) is 5.75 Å². The van der Waals surface area contributed by atoms with Crippen molar-refractivity contribution in [3.05, 3.63) is 58.1 Å². The van der Waals surface area contributed by atoms with E-state index in [1.807, 2.05) is 18.2 Å². The molecule has 0 aliphatic carbocycles. The summed E-state index contributed by atoms with van der Waals surface area (Å²) in [6, 6.07) is 14.2. The van der Waals surface area contributed by atoms with Gasteiger partial charge in [-0.1, -0.05) is 33.6 Å². The van der Waals surface area contributed by atoms with E-state index in [0.717, 1.165) is 21.5 Å². The second-order valence-electron chi connectivity index (χ2n) is 4.68. The van der Waals surface area contributed by atoms with Crippen molar-refractivity contribution < 1.29 is 4.74 Å². The highest BCUT2D eigenvalue weighted by molar-refractivity contribution is 9.10. The van der Waals surface area contributed by atoms with E-state index in [9.17, 15) is 0 Å². The van der Waals surface area contributed by atoms with E-state index in [1.54, 1.807) is 7.11 Å². The van der Waals surface area contributed by atoms with Gasteiger partial charge in [-0.05, 0) is 37.3 Å². The maximum absolute atomic E-state index is 5.92. The summed E-state index contributed by atoms with van der Waals surface area (Å²) in [4.78, 5) is 0. The molecule has 0 amide bonds. The first-order valence-electron chi connectivity index (χ1n) is 6.50. The number of anilines is 1. The first kappa shape index (κ1) is 14.9. The first-order valence-corrected chi connectivity index (χ1v) is 7.30. The van der Waals surface area contributed by atoms with E-state index in [-0.39, 0.29) is 6.04 Å². The molecule has 0 aliphatic heterocycles. The number of nitrogens with two attached hydrogens (primary N) is 1. The van der Waals surface area contributed by atoms with Crippen molar-refractivity contribution >= 4 is 21.6 Å². The van der Waals surface area contributed by atoms with E-state index in [2.05, 4.69) is 52.4 Å². The Morgan fingerprint density at radius 3 is 2.50 bits per heavy atom. The Morgan fingerprint density at radius 1 is 1.20 bits per heavy atom. The van der Waals surface area contributed by atoms with Crippen molar-refractivity contribution in [3.8, 4) is 5.75 Å². The second-order valence-corrected chi connectivity index (χ2v) is 5.60. The Hall–Kier alpha value is -1.52. The zero-order valence-corrected chi connectivity index (χ0v) is 13.3. The molecule has 0 fully saturated rings. The first-order chi connectivity index (χ1) is 9.63. The molecule has 0 bridgehead atoms. The molecule has 2 rings (SSSR count). The number of halogens is 1. The third-order valence-electron chi connectivity index (χ3n) is 3.20. The van der Waals surface area contributed by atoms with Gasteiger partial charge in [-0.2, -0.15) is 0 Å². The fourth-order valence-corrected chi connectivity index (χ4v) is 2.47. The molecular formula is C16H19BrN2O. The normalized spacial score (nSPS) is 12.0. The van der Waals surface area contributed by atoms with Crippen LogP contribution in [0.4, 0.5) is 5.69 Å². The molecule has 3 N–H and O–H groups in total. The predicted octanol–water partition coefficient (Wildman–Crippen LogP) is 3.88. The summed E-state index contributed by atoms with van der Waals surface area (Å²) in [7, 11) is 1.67. The van der Waals surface area contributed by atoms with E-state index < -0.39 is 0 Å². The Morgan fingerprint density at radius 2 is 1.90 bits per heavy atom. The average molecular weight is 335 g/mol. The highest BCUT2D eigenvalue weighted by Crippen LogP contribution is 2.30. The minimum absolute atomic E-state index is 0.00477. The van der Waals surface area contributed by atoms with Crippen LogP contribution in [0.2, 0.25) is 0 Å². The second kappa shape index (κ2) is 6.77. The van der Waals surface area contributed by atoms with E-state index in [0.29, 0.717) is 6.54 Å². The van der Waals surface area contributed by atoms with Crippen molar-refractivity contribution in [2.75, 3.05) is 19.0 Å². The highest BCUT2D eigenvalue weighted by Gasteiger charge is 2.15. The molecule has 1 unspecified atom stereocenters. The minimum Gasteiger partial charge on any atom is -0.496 e. The molecule has 0 saturated heterocycles. The molecule has 0 saturated carbocycles. The molecule has 20 heavy (non-hydrogen) atoms.